The fourth-order valence-corrected chi connectivity index (χ4v) is 3.27. The molecule has 25 heavy (non-hydrogen) atoms. The largest absolute Gasteiger partial charge is 0.357 e. The third-order valence-corrected chi connectivity index (χ3v) is 4.99. The number of nitrogens with one attached hydrogen (secondary N) is 1. The predicted octanol–water partition coefficient (Wildman–Crippen LogP) is 4.06. The summed E-state index contributed by atoms with van der Waals surface area (Å²) in [5, 5.41) is 3.31. The van der Waals surface area contributed by atoms with Gasteiger partial charge in [0, 0.05) is 30.8 Å². The van der Waals surface area contributed by atoms with Gasteiger partial charge in [0.2, 0.25) is 0 Å². The van der Waals surface area contributed by atoms with Crippen LogP contribution in [-0.2, 0) is 10.8 Å². The highest BCUT2D eigenvalue weighted by Crippen LogP contribution is 2.05. The highest BCUT2D eigenvalue weighted by Gasteiger charge is 2.06. The van der Waals surface area contributed by atoms with Crippen LogP contribution in [0.5, 0.6) is 0 Å². The van der Waals surface area contributed by atoms with Gasteiger partial charge < -0.3 is 10.2 Å². The molecule has 0 radical (unpaired) electrons. The van der Waals surface area contributed by atoms with Crippen molar-refractivity contribution in [2.75, 3.05) is 32.4 Å². The molecule has 0 aromatic heterocycles. The lowest BCUT2D eigenvalue weighted by atomic mass is 10.2. The molecule has 0 saturated heterocycles. The molecule has 4 nitrogen and oxygen atoms in total. The first-order valence-corrected chi connectivity index (χ1v) is 10.0. The van der Waals surface area contributed by atoms with E-state index in [-0.39, 0.29) is 24.0 Å². The first kappa shape index (κ1) is 24.1. The normalized spacial score (nSPS) is 12.2. The van der Waals surface area contributed by atoms with Crippen molar-refractivity contribution in [3.05, 3.63) is 43.0 Å². The van der Waals surface area contributed by atoms with E-state index >= 15 is 0 Å². The minimum absolute atomic E-state index is 0. The number of nitrogens with zero attached hydrogens (tertiary/aromatic N) is 2. The zero-order valence-electron chi connectivity index (χ0n) is 15.4. The molecule has 142 valence electrons. The summed E-state index contributed by atoms with van der Waals surface area (Å²) in [7, 11) is 1.07. The summed E-state index contributed by atoms with van der Waals surface area (Å²) in [6, 6.07) is 9.58. The molecule has 0 amide bonds. The van der Waals surface area contributed by atoms with Crippen molar-refractivity contribution in [3.63, 3.8) is 0 Å². The number of aliphatic imine (C=N–C) groups is 1. The fraction of sp³-hybridized carbons (Fsp3) is 0.526. The zero-order chi connectivity index (χ0) is 17.6. The molecule has 6 heteroatoms. The Balaban J connectivity index is 0.00000576. The highest BCUT2D eigenvalue weighted by atomic mass is 127. The third kappa shape index (κ3) is 10.6. The Hall–Kier alpha value is -0.890. The van der Waals surface area contributed by atoms with Crippen molar-refractivity contribution in [1.82, 2.24) is 10.2 Å². The maximum atomic E-state index is 12.2. The Morgan fingerprint density at radius 3 is 2.64 bits per heavy atom. The SMILES string of the molecule is C=CCCCCCN(C)C(=NCCS(=O)c1ccccc1)NCC.I. The predicted molar refractivity (Wildman–Crippen MR) is 120 cm³/mol. The van der Waals surface area contributed by atoms with Gasteiger partial charge in [-0.25, -0.2) is 0 Å². The second kappa shape index (κ2) is 15.4. The van der Waals surface area contributed by atoms with Gasteiger partial charge in [0.1, 0.15) is 0 Å². The average Bonchev–Trinajstić information content (AvgIpc) is 2.61. The maximum absolute atomic E-state index is 12.2. The summed E-state index contributed by atoms with van der Waals surface area (Å²) in [5.41, 5.74) is 0. The van der Waals surface area contributed by atoms with Crippen molar-refractivity contribution in [1.29, 1.82) is 0 Å². The van der Waals surface area contributed by atoms with E-state index in [4.69, 9.17) is 0 Å². The Bertz CT molecular complexity index is 523. The molecule has 0 aliphatic carbocycles. The lowest BCUT2D eigenvalue weighted by Crippen LogP contribution is -2.39. The van der Waals surface area contributed by atoms with Crippen LogP contribution in [0.25, 0.3) is 0 Å². The molecule has 1 N–H and O–H groups in total. The topological polar surface area (TPSA) is 44.7 Å². The second-order valence-corrected chi connectivity index (χ2v) is 7.23. The van der Waals surface area contributed by atoms with Crippen LogP contribution < -0.4 is 5.32 Å². The van der Waals surface area contributed by atoms with Crippen molar-refractivity contribution >= 4 is 40.7 Å². The van der Waals surface area contributed by atoms with Gasteiger partial charge in [-0.05, 0) is 38.3 Å². The Morgan fingerprint density at radius 1 is 1.28 bits per heavy atom. The van der Waals surface area contributed by atoms with Crippen LogP contribution in [0.4, 0.5) is 0 Å². The standard InChI is InChI=1S/C19H31N3OS.HI/c1-4-6-7-8-12-16-22(3)19(20-5-2)21-15-17-24(23)18-13-10-9-11-14-18;/h4,9-11,13-14H,1,5-8,12,15-17H2,2-3H3,(H,20,21);1H. The lowest BCUT2D eigenvalue weighted by molar-refractivity contribution is 0.456. The minimum Gasteiger partial charge on any atom is -0.357 e. The molecule has 1 rings (SSSR count). The molecule has 0 fully saturated rings. The molecular formula is C19H32IN3OS. The van der Waals surface area contributed by atoms with Crippen molar-refractivity contribution in [3.8, 4) is 0 Å². The molecule has 0 saturated carbocycles. The van der Waals surface area contributed by atoms with Gasteiger partial charge in [-0.2, -0.15) is 0 Å². The Morgan fingerprint density at radius 2 is 2.00 bits per heavy atom. The van der Waals surface area contributed by atoms with Crippen LogP contribution in [0.1, 0.15) is 32.6 Å². The maximum Gasteiger partial charge on any atom is 0.193 e. The molecule has 0 heterocycles. The van der Waals surface area contributed by atoms with Gasteiger partial charge in [-0.1, -0.05) is 30.7 Å². The fourth-order valence-electron chi connectivity index (χ4n) is 2.31. The van der Waals surface area contributed by atoms with Crippen LogP contribution >= 0.6 is 24.0 Å². The lowest BCUT2D eigenvalue weighted by Gasteiger charge is -2.22. The number of halogens is 1. The molecule has 1 aromatic rings. The van der Waals surface area contributed by atoms with E-state index in [0.29, 0.717) is 12.3 Å². The highest BCUT2D eigenvalue weighted by molar-refractivity contribution is 14.0. The zero-order valence-corrected chi connectivity index (χ0v) is 18.6. The van der Waals surface area contributed by atoms with Crippen LogP contribution in [0.2, 0.25) is 0 Å². The summed E-state index contributed by atoms with van der Waals surface area (Å²) < 4.78 is 12.2. The summed E-state index contributed by atoms with van der Waals surface area (Å²) in [4.78, 5) is 7.64. The average molecular weight is 477 g/mol. The molecule has 1 unspecified atom stereocenters. The van der Waals surface area contributed by atoms with Crippen LogP contribution in [0, 0.1) is 0 Å². The smallest absolute Gasteiger partial charge is 0.193 e. The van der Waals surface area contributed by atoms with Gasteiger partial charge in [0.15, 0.2) is 5.96 Å². The number of guanidine groups is 1. The Labute approximate surface area is 172 Å². The van der Waals surface area contributed by atoms with Gasteiger partial charge in [0.25, 0.3) is 0 Å². The van der Waals surface area contributed by atoms with E-state index in [9.17, 15) is 4.21 Å². The first-order chi connectivity index (χ1) is 11.7. The first-order valence-electron chi connectivity index (χ1n) is 8.72. The van der Waals surface area contributed by atoms with E-state index in [0.717, 1.165) is 36.8 Å². The molecule has 1 atom stereocenters. The van der Waals surface area contributed by atoms with Crippen LogP contribution in [0.15, 0.2) is 52.9 Å². The number of rotatable bonds is 11. The molecule has 0 bridgehead atoms. The van der Waals surface area contributed by atoms with Gasteiger partial charge in [0.05, 0.1) is 17.3 Å². The van der Waals surface area contributed by atoms with Crippen LogP contribution in [0.3, 0.4) is 0 Å². The quantitative estimate of drug-likeness (QED) is 0.172. The number of hydrogen-bond acceptors (Lipinski definition) is 2. The van der Waals surface area contributed by atoms with Gasteiger partial charge >= 0.3 is 0 Å². The molecule has 1 aromatic carbocycles. The molecule has 0 aliphatic heterocycles. The summed E-state index contributed by atoms with van der Waals surface area (Å²) >= 11 is 0. The molecule has 0 spiro atoms. The minimum atomic E-state index is -0.989. The molecule has 0 aliphatic rings. The number of hydrogen-bond donors (Lipinski definition) is 1. The van der Waals surface area contributed by atoms with Crippen molar-refractivity contribution < 1.29 is 4.21 Å². The summed E-state index contributed by atoms with van der Waals surface area (Å²) in [5.74, 6) is 1.44. The van der Waals surface area contributed by atoms with E-state index < -0.39 is 10.8 Å². The van der Waals surface area contributed by atoms with E-state index in [1.54, 1.807) is 0 Å². The Kier molecular flexibility index (Phi) is 14.8. The van der Waals surface area contributed by atoms with Crippen molar-refractivity contribution in [2.45, 2.75) is 37.5 Å². The van der Waals surface area contributed by atoms with E-state index in [2.05, 4.69) is 35.8 Å². The summed E-state index contributed by atoms with van der Waals surface area (Å²) in [6.07, 6.45) is 6.60. The second-order valence-electron chi connectivity index (χ2n) is 5.66. The van der Waals surface area contributed by atoms with E-state index in [1.807, 2.05) is 36.4 Å². The van der Waals surface area contributed by atoms with Gasteiger partial charge in [-0.15, -0.1) is 30.6 Å². The monoisotopic (exact) mass is 477 g/mol. The van der Waals surface area contributed by atoms with E-state index in [1.165, 1.54) is 12.8 Å². The van der Waals surface area contributed by atoms with Crippen molar-refractivity contribution in [2.24, 2.45) is 4.99 Å². The molecular weight excluding hydrogens is 445 g/mol. The van der Waals surface area contributed by atoms with Crippen LogP contribution in [-0.4, -0.2) is 47.5 Å². The number of benzene rings is 1. The summed E-state index contributed by atoms with van der Waals surface area (Å²) in [6.45, 7) is 8.19. The van der Waals surface area contributed by atoms with Gasteiger partial charge in [-0.3, -0.25) is 9.20 Å². The number of allylic oxidation sites excluding steroid dienone is 1. The third-order valence-electron chi connectivity index (χ3n) is 3.64. The number of unbranched alkanes of at least 4 members (excludes halogenated alkanes) is 3.